The third-order valence-electron chi connectivity index (χ3n) is 2.96. The van der Waals surface area contributed by atoms with Crippen molar-refractivity contribution in [3.63, 3.8) is 0 Å². The van der Waals surface area contributed by atoms with E-state index in [-0.39, 0.29) is 0 Å². The lowest BCUT2D eigenvalue weighted by Crippen LogP contribution is -1.97. The van der Waals surface area contributed by atoms with Crippen molar-refractivity contribution >= 4 is 31.9 Å². The van der Waals surface area contributed by atoms with Gasteiger partial charge in [0.15, 0.2) is 0 Å². The minimum Gasteiger partial charge on any atom is -0.0651 e. The number of hydrogen-bond acceptors (Lipinski definition) is 0. The van der Waals surface area contributed by atoms with Crippen LogP contribution in [0.15, 0.2) is 20.1 Å². The topological polar surface area (TPSA) is 0 Å². The van der Waals surface area contributed by atoms with Crippen LogP contribution in [0.5, 0.6) is 0 Å². The highest BCUT2D eigenvalue weighted by molar-refractivity contribution is 9.12. The molecule has 0 saturated heterocycles. The second kappa shape index (κ2) is 11.3. The first-order valence-electron chi connectivity index (χ1n) is 7.37. The average Bonchev–Trinajstić information content (AvgIpc) is 2.34. The van der Waals surface area contributed by atoms with Gasteiger partial charge in [-0.2, -0.15) is 0 Å². The predicted molar refractivity (Wildman–Crippen MR) is 91.5 cm³/mol. The van der Waals surface area contributed by atoms with E-state index < -0.39 is 0 Å². The van der Waals surface area contributed by atoms with E-state index in [0.717, 1.165) is 12.8 Å². The molecule has 0 bridgehead atoms. The molecule has 2 heteroatoms. The van der Waals surface area contributed by atoms with Crippen LogP contribution in [0.2, 0.25) is 0 Å². The fraction of sp³-hybridized carbons (Fsp3) is 0.750. The van der Waals surface area contributed by atoms with Gasteiger partial charge in [0.2, 0.25) is 0 Å². The highest BCUT2D eigenvalue weighted by Gasteiger charge is 2.12. The third kappa shape index (κ3) is 6.56. The van der Waals surface area contributed by atoms with Crippen molar-refractivity contribution in [3.05, 3.63) is 20.1 Å². The number of rotatable bonds is 9. The molecule has 0 aromatic rings. The third-order valence-corrected chi connectivity index (χ3v) is 4.71. The van der Waals surface area contributed by atoms with Crippen LogP contribution in [0.3, 0.4) is 0 Å². The molecule has 0 aliphatic heterocycles. The smallest absolute Gasteiger partial charge is 0.00144 e. The zero-order chi connectivity index (χ0) is 14.0. The molecule has 106 valence electrons. The SMILES string of the molecule is CCC/C(Br)=C(CCC)/C(CCC)=C(\Br)CCC. The van der Waals surface area contributed by atoms with E-state index in [0.29, 0.717) is 0 Å². The van der Waals surface area contributed by atoms with Crippen LogP contribution in [0, 0.1) is 0 Å². The van der Waals surface area contributed by atoms with Gasteiger partial charge in [-0.05, 0) is 45.8 Å². The molecule has 0 aliphatic carbocycles. The van der Waals surface area contributed by atoms with Gasteiger partial charge in [-0.25, -0.2) is 0 Å². The minimum atomic E-state index is 1.16. The molecule has 0 spiro atoms. The summed E-state index contributed by atoms with van der Waals surface area (Å²) in [7, 11) is 0. The first kappa shape index (κ1) is 18.4. The van der Waals surface area contributed by atoms with Gasteiger partial charge in [0.05, 0.1) is 0 Å². The standard InChI is InChI=1S/C16H28Br2/c1-5-9-13(15(17)11-7-3)14(10-6-2)16(18)12-8-4/h5-12H2,1-4H3/b15-13-,16-14-. The fourth-order valence-electron chi connectivity index (χ4n) is 2.14. The van der Waals surface area contributed by atoms with Crippen LogP contribution in [-0.4, -0.2) is 0 Å². The van der Waals surface area contributed by atoms with E-state index in [1.54, 1.807) is 11.1 Å². The summed E-state index contributed by atoms with van der Waals surface area (Å²) in [6.45, 7) is 9.03. The zero-order valence-corrected chi connectivity index (χ0v) is 15.6. The summed E-state index contributed by atoms with van der Waals surface area (Å²) < 4.78 is 2.84. The quantitative estimate of drug-likeness (QED) is 0.364. The normalized spacial score (nSPS) is 14.3. The first-order valence-corrected chi connectivity index (χ1v) is 8.96. The second-order valence-electron chi connectivity index (χ2n) is 4.77. The van der Waals surface area contributed by atoms with Crippen molar-refractivity contribution in [2.45, 2.75) is 79.1 Å². The van der Waals surface area contributed by atoms with Crippen molar-refractivity contribution in [2.75, 3.05) is 0 Å². The lowest BCUT2D eigenvalue weighted by Gasteiger charge is -2.17. The van der Waals surface area contributed by atoms with Crippen molar-refractivity contribution in [1.82, 2.24) is 0 Å². The molecule has 0 fully saturated rings. The maximum absolute atomic E-state index is 3.82. The molecule has 0 saturated carbocycles. The highest BCUT2D eigenvalue weighted by Crippen LogP contribution is 2.35. The van der Waals surface area contributed by atoms with Gasteiger partial charge < -0.3 is 0 Å². The molecular weight excluding hydrogens is 352 g/mol. The number of allylic oxidation sites excluding steroid dienone is 4. The van der Waals surface area contributed by atoms with E-state index >= 15 is 0 Å². The molecule has 0 aromatic carbocycles. The lowest BCUT2D eigenvalue weighted by molar-refractivity contribution is 0.819. The van der Waals surface area contributed by atoms with E-state index in [2.05, 4.69) is 59.6 Å². The fourth-order valence-corrected chi connectivity index (χ4v) is 3.81. The summed E-state index contributed by atoms with van der Waals surface area (Å²) in [5, 5.41) is 0. The predicted octanol–water partition coefficient (Wildman–Crippen LogP) is 7.48. The Hall–Kier alpha value is 0.440. The van der Waals surface area contributed by atoms with Crippen LogP contribution in [0.4, 0.5) is 0 Å². The maximum Gasteiger partial charge on any atom is -0.00144 e. The van der Waals surface area contributed by atoms with Crippen LogP contribution in [-0.2, 0) is 0 Å². The lowest BCUT2D eigenvalue weighted by atomic mass is 9.95. The van der Waals surface area contributed by atoms with Crippen LogP contribution in [0.25, 0.3) is 0 Å². The summed E-state index contributed by atoms with van der Waals surface area (Å²) in [5.41, 5.74) is 3.11. The number of hydrogen-bond donors (Lipinski definition) is 0. The molecule has 0 rings (SSSR count). The largest absolute Gasteiger partial charge is 0.0651 e. The van der Waals surface area contributed by atoms with E-state index in [1.165, 1.54) is 47.5 Å². The summed E-state index contributed by atoms with van der Waals surface area (Å²) in [6.07, 6.45) is 9.55. The van der Waals surface area contributed by atoms with E-state index in [1.807, 2.05) is 0 Å². The monoisotopic (exact) mass is 378 g/mol. The molecule has 0 aromatic heterocycles. The molecule has 0 amide bonds. The molecular formula is C16H28Br2. The van der Waals surface area contributed by atoms with Gasteiger partial charge in [0, 0.05) is 0 Å². The first-order chi connectivity index (χ1) is 8.62. The zero-order valence-electron chi connectivity index (χ0n) is 12.4. The Morgan fingerprint density at radius 1 is 0.556 bits per heavy atom. The second-order valence-corrected chi connectivity index (χ2v) is 6.68. The summed E-state index contributed by atoms with van der Waals surface area (Å²) >= 11 is 7.64. The van der Waals surface area contributed by atoms with Crippen molar-refractivity contribution in [3.8, 4) is 0 Å². The van der Waals surface area contributed by atoms with Crippen LogP contribution < -0.4 is 0 Å². The Balaban J connectivity index is 5.35. The molecule has 0 unspecified atom stereocenters. The van der Waals surface area contributed by atoms with Gasteiger partial charge in [0.1, 0.15) is 0 Å². The molecule has 0 nitrogen and oxygen atoms in total. The van der Waals surface area contributed by atoms with Gasteiger partial charge in [-0.15, -0.1) is 0 Å². The summed E-state index contributed by atoms with van der Waals surface area (Å²) in [5.74, 6) is 0. The Morgan fingerprint density at radius 3 is 1.06 bits per heavy atom. The number of halogens is 2. The van der Waals surface area contributed by atoms with Crippen LogP contribution in [0.1, 0.15) is 79.1 Å². The molecule has 0 heterocycles. The maximum atomic E-state index is 3.82. The Kier molecular flexibility index (Phi) is 11.6. The van der Waals surface area contributed by atoms with Gasteiger partial charge >= 0.3 is 0 Å². The summed E-state index contributed by atoms with van der Waals surface area (Å²) in [4.78, 5) is 0. The average molecular weight is 380 g/mol. The Labute approximate surface area is 131 Å². The van der Waals surface area contributed by atoms with E-state index in [4.69, 9.17) is 0 Å². The van der Waals surface area contributed by atoms with Crippen molar-refractivity contribution in [2.24, 2.45) is 0 Å². The summed E-state index contributed by atoms with van der Waals surface area (Å²) in [6, 6.07) is 0. The molecule has 0 radical (unpaired) electrons. The van der Waals surface area contributed by atoms with Crippen molar-refractivity contribution < 1.29 is 0 Å². The molecule has 0 atom stereocenters. The molecule has 0 aliphatic rings. The van der Waals surface area contributed by atoms with Gasteiger partial charge in [-0.3, -0.25) is 0 Å². The van der Waals surface area contributed by atoms with Gasteiger partial charge in [0.25, 0.3) is 0 Å². The van der Waals surface area contributed by atoms with E-state index in [9.17, 15) is 0 Å². The Morgan fingerprint density at radius 2 is 0.833 bits per heavy atom. The highest BCUT2D eigenvalue weighted by atomic mass is 79.9. The van der Waals surface area contributed by atoms with Crippen molar-refractivity contribution in [1.29, 1.82) is 0 Å². The molecule has 0 N–H and O–H groups in total. The van der Waals surface area contributed by atoms with Crippen LogP contribution >= 0.6 is 31.9 Å². The van der Waals surface area contributed by atoms with Gasteiger partial charge in [-0.1, -0.05) is 85.2 Å². The Bertz CT molecular complexity index is 257. The minimum absolute atomic E-state index is 1.16. The molecule has 18 heavy (non-hydrogen) atoms.